The van der Waals surface area contributed by atoms with Gasteiger partial charge in [-0.2, -0.15) is 0 Å². The molecule has 1 aliphatic rings. The minimum atomic E-state index is -0.786. The maximum atomic E-state index is 11.4. The molecule has 1 aromatic rings. The quantitative estimate of drug-likeness (QED) is 0.657. The van der Waals surface area contributed by atoms with E-state index in [2.05, 4.69) is 0 Å². The molecule has 0 spiro atoms. The van der Waals surface area contributed by atoms with Crippen LogP contribution in [0.4, 0.5) is 5.69 Å². The molecular formula is C13H15NO4. The van der Waals surface area contributed by atoms with Crippen molar-refractivity contribution in [2.75, 3.05) is 0 Å². The molecule has 1 N–H and O–H groups in total. The normalized spacial score (nSPS) is 17.6. The van der Waals surface area contributed by atoms with Crippen LogP contribution in [0.25, 0.3) is 0 Å². The lowest BCUT2D eigenvalue weighted by molar-refractivity contribution is -0.384. The lowest BCUT2D eigenvalue weighted by Gasteiger charge is -2.23. The number of nitro benzene ring substituents is 1. The molecule has 18 heavy (non-hydrogen) atoms. The summed E-state index contributed by atoms with van der Waals surface area (Å²) in [5.41, 5.74) is 0.0226. The molecule has 1 aliphatic carbocycles. The Morgan fingerprint density at radius 1 is 1.39 bits per heavy atom. The molecule has 0 radical (unpaired) electrons. The van der Waals surface area contributed by atoms with Gasteiger partial charge in [0.1, 0.15) is 0 Å². The monoisotopic (exact) mass is 249 g/mol. The minimum absolute atomic E-state index is 0.0195. The summed E-state index contributed by atoms with van der Waals surface area (Å²) in [5, 5.41) is 20.1. The van der Waals surface area contributed by atoms with Crippen molar-refractivity contribution in [3.8, 4) is 0 Å². The second-order valence-electron chi connectivity index (χ2n) is 4.90. The second-order valence-corrected chi connectivity index (χ2v) is 4.90. The van der Waals surface area contributed by atoms with Crippen molar-refractivity contribution in [2.24, 2.45) is 5.41 Å². The highest BCUT2D eigenvalue weighted by Gasteiger charge is 2.41. The summed E-state index contributed by atoms with van der Waals surface area (Å²) in [5.74, 6) is -0.786. The van der Waals surface area contributed by atoms with Crippen LogP contribution in [-0.4, -0.2) is 16.0 Å². The number of carboxylic acids is 1. The van der Waals surface area contributed by atoms with E-state index < -0.39 is 16.3 Å². The molecule has 5 nitrogen and oxygen atoms in total. The number of benzene rings is 1. The molecule has 0 aliphatic heterocycles. The van der Waals surface area contributed by atoms with Gasteiger partial charge in [-0.25, -0.2) is 0 Å². The van der Waals surface area contributed by atoms with E-state index in [-0.39, 0.29) is 5.69 Å². The number of non-ortho nitro benzene ring substituents is 1. The summed E-state index contributed by atoms with van der Waals surface area (Å²) in [6.07, 6.45) is 3.53. The summed E-state index contributed by atoms with van der Waals surface area (Å²) in [6.45, 7) is 0. The van der Waals surface area contributed by atoms with Crippen LogP contribution in [0, 0.1) is 15.5 Å². The van der Waals surface area contributed by atoms with E-state index in [1.54, 1.807) is 12.1 Å². The third-order valence-corrected chi connectivity index (χ3v) is 3.68. The molecule has 5 heteroatoms. The molecule has 0 atom stereocenters. The van der Waals surface area contributed by atoms with E-state index >= 15 is 0 Å². The van der Waals surface area contributed by atoms with E-state index in [9.17, 15) is 20.0 Å². The van der Waals surface area contributed by atoms with Gasteiger partial charge in [0.25, 0.3) is 5.69 Å². The lowest BCUT2D eigenvalue weighted by Crippen LogP contribution is -2.30. The Morgan fingerprint density at radius 3 is 2.61 bits per heavy atom. The fourth-order valence-electron chi connectivity index (χ4n) is 2.69. The number of hydrogen-bond acceptors (Lipinski definition) is 3. The van der Waals surface area contributed by atoms with E-state index in [1.807, 2.05) is 0 Å². The molecule has 1 aromatic carbocycles. The fraction of sp³-hybridized carbons (Fsp3) is 0.462. The summed E-state index contributed by atoms with van der Waals surface area (Å²) >= 11 is 0. The largest absolute Gasteiger partial charge is 0.481 e. The Bertz CT molecular complexity index is 478. The molecule has 1 saturated carbocycles. The number of hydrogen-bond donors (Lipinski definition) is 1. The van der Waals surface area contributed by atoms with E-state index in [4.69, 9.17) is 0 Å². The van der Waals surface area contributed by atoms with E-state index in [1.165, 1.54) is 12.1 Å². The molecule has 0 heterocycles. The molecule has 0 aromatic heterocycles. The van der Waals surface area contributed by atoms with Crippen LogP contribution in [-0.2, 0) is 11.2 Å². The maximum absolute atomic E-state index is 11.4. The van der Waals surface area contributed by atoms with Gasteiger partial charge in [0, 0.05) is 12.1 Å². The molecule has 0 unspecified atom stereocenters. The topological polar surface area (TPSA) is 80.4 Å². The van der Waals surface area contributed by atoms with Gasteiger partial charge >= 0.3 is 5.97 Å². The van der Waals surface area contributed by atoms with Crippen LogP contribution >= 0.6 is 0 Å². The van der Waals surface area contributed by atoms with Crippen molar-refractivity contribution in [3.05, 3.63) is 39.9 Å². The lowest BCUT2D eigenvalue weighted by atomic mass is 9.80. The highest BCUT2D eigenvalue weighted by atomic mass is 16.6. The average Bonchev–Trinajstić information content (AvgIpc) is 2.79. The molecule has 0 amide bonds. The Labute approximate surface area is 105 Å². The third-order valence-electron chi connectivity index (χ3n) is 3.68. The minimum Gasteiger partial charge on any atom is -0.481 e. The Kier molecular flexibility index (Phi) is 3.32. The predicted molar refractivity (Wildman–Crippen MR) is 65.3 cm³/mol. The molecule has 0 saturated heterocycles. The van der Waals surface area contributed by atoms with Crippen LogP contribution in [0.5, 0.6) is 0 Å². The first kappa shape index (κ1) is 12.5. The SMILES string of the molecule is O=C(O)C1(Cc2cccc([N+](=O)[O-])c2)CCCC1. The van der Waals surface area contributed by atoms with Crippen molar-refractivity contribution in [1.29, 1.82) is 0 Å². The first-order valence-electron chi connectivity index (χ1n) is 6.00. The van der Waals surface area contributed by atoms with Crippen molar-refractivity contribution < 1.29 is 14.8 Å². The second kappa shape index (κ2) is 4.76. The number of carbonyl (C=O) groups is 1. The molecule has 96 valence electrons. The van der Waals surface area contributed by atoms with Crippen LogP contribution in [0.3, 0.4) is 0 Å². The van der Waals surface area contributed by atoms with Crippen molar-refractivity contribution in [1.82, 2.24) is 0 Å². The maximum Gasteiger partial charge on any atom is 0.309 e. The summed E-state index contributed by atoms with van der Waals surface area (Å²) in [6, 6.07) is 6.27. The zero-order valence-electron chi connectivity index (χ0n) is 9.96. The smallest absolute Gasteiger partial charge is 0.309 e. The van der Waals surface area contributed by atoms with Gasteiger partial charge in [0.05, 0.1) is 10.3 Å². The van der Waals surface area contributed by atoms with E-state index in [0.29, 0.717) is 19.3 Å². The van der Waals surface area contributed by atoms with Crippen LogP contribution in [0.15, 0.2) is 24.3 Å². The number of nitrogens with zero attached hydrogens (tertiary/aromatic N) is 1. The van der Waals surface area contributed by atoms with Gasteiger partial charge in [-0.05, 0) is 24.8 Å². The molecule has 0 bridgehead atoms. The Balaban J connectivity index is 2.24. The summed E-state index contributed by atoms with van der Waals surface area (Å²) in [4.78, 5) is 21.7. The molecule has 2 rings (SSSR count). The summed E-state index contributed by atoms with van der Waals surface area (Å²) < 4.78 is 0. The average molecular weight is 249 g/mol. The Hall–Kier alpha value is -1.91. The summed E-state index contributed by atoms with van der Waals surface area (Å²) in [7, 11) is 0. The first-order chi connectivity index (χ1) is 8.53. The molecule has 1 fully saturated rings. The van der Waals surface area contributed by atoms with Crippen LogP contribution in [0.2, 0.25) is 0 Å². The Morgan fingerprint density at radius 2 is 2.06 bits per heavy atom. The van der Waals surface area contributed by atoms with Gasteiger partial charge in [0.2, 0.25) is 0 Å². The van der Waals surface area contributed by atoms with Crippen molar-refractivity contribution >= 4 is 11.7 Å². The van der Waals surface area contributed by atoms with E-state index in [0.717, 1.165) is 18.4 Å². The fourth-order valence-corrected chi connectivity index (χ4v) is 2.69. The zero-order valence-corrected chi connectivity index (χ0v) is 9.96. The number of aliphatic carboxylic acids is 1. The van der Waals surface area contributed by atoms with Gasteiger partial charge in [0.15, 0.2) is 0 Å². The van der Waals surface area contributed by atoms with Crippen molar-refractivity contribution in [3.63, 3.8) is 0 Å². The number of rotatable bonds is 4. The van der Waals surface area contributed by atoms with Gasteiger partial charge in [-0.15, -0.1) is 0 Å². The van der Waals surface area contributed by atoms with Crippen molar-refractivity contribution in [2.45, 2.75) is 32.1 Å². The van der Waals surface area contributed by atoms with Gasteiger partial charge < -0.3 is 5.11 Å². The highest BCUT2D eigenvalue weighted by Crippen LogP contribution is 2.41. The highest BCUT2D eigenvalue weighted by molar-refractivity contribution is 5.75. The zero-order chi connectivity index (χ0) is 13.2. The first-order valence-corrected chi connectivity index (χ1v) is 6.00. The number of nitro groups is 1. The standard InChI is InChI=1S/C13H15NO4/c15-12(16)13(6-1-2-7-13)9-10-4-3-5-11(8-10)14(17)18/h3-5,8H,1-2,6-7,9H2,(H,15,16). The van der Waals surface area contributed by atoms with Crippen LogP contribution in [0.1, 0.15) is 31.2 Å². The number of carboxylic acid groups (broad SMARTS) is 1. The predicted octanol–water partition coefficient (Wildman–Crippen LogP) is 2.78. The van der Waals surface area contributed by atoms with Gasteiger partial charge in [-0.1, -0.05) is 25.0 Å². The van der Waals surface area contributed by atoms with Crippen LogP contribution < -0.4 is 0 Å². The molecular weight excluding hydrogens is 234 g/mol. The van der Waals surface area contributed by atoms with Gasteiger partial charge in [-0.3, -0.25) is 14.9 Å². The third kappa shape index (κ3) is 2.34.